The van der Waals surface area contributed by atoms with E-state index in [1.54, 1.807) is 0 Å². The Morgan fingerprint density at radius 2 is 1.19 bits per heavy atom. The van der Waals surface area contributed by atoms with Crippen LogP contribution in [-0.2, 0) is 28.7 Å². The lowest BCUT2D eigenvalue weighted by Crippen LogP contribution is -2.91. The quantitative estimate of drug-likeness (QED) is 0.303. The predicted molar refractivity (Wildman–Crippen MR) is 84.1 cm³/mol. The number of rotatable bonds is 6. The van der Waals surface area contributed by atoms with Gasteiger partial charge in [0.25, 0.3) is 5.79 Å². The first-order valence-corrected chi connectivity index (χ1v) is 7.81. The van der Waals surface area contributed by atoms with Crippen molar-refractivity contribution in [2.75, 3.05) is 0 Å². The molecule has 1 fully saturated rings. The van der Waals surface area contributed by atoms with E-state index < -0.39 is 63.7 Å². The minimum atomic E-state index is -3.87. The molecule has 11 heteroatoms. The molecule has 1 rings (SSSR count). The third-order valence-electron chi connectivity index (χ3n) is 4.94. The van der Waals surface area contributed by atoms with Crippen molar-refractivity contribution in [3.8, 4) is 0 Å². The van der Waals surface area contributed by atoms with E-state index in [0.717, 1.165) is 6.92 Å². The molecule has 1 heterocycles. The number of Topliss-reactive ketones (excluding diaryl/α,β-unsaturated/α-hetero) is 5. The molecule has 27 heavy (non-hydrogen) atoms. The van der Waals surface area contributed by atoms with Crippen LogP contribution in [0.5, 0.6) is 0 Å². The summed E-state index contributed by atoms with van der Waals surface area (Å²) in [6.45, 7) is 3.21. The zero-order chi connectivity index (χ0) is 21.7. The van der Waals surface area contributed by atoms with Crippen LogP contribution in [0, 0.1) is 0 Å². The average Bonchev–Trinajstić information content (AvgIpc) is 2.54. The molecule has 0 radical (unpaired) electrons. The lowest BCUT2D eigenvalue weighted by atomic mass is 9.57. The zero-order valence-corrected chi connectivity index (χ0v) is 15.3. The molecule has 0 aliphatic carbocycles. The van der Waals surface area contributed by atoms with Crippen molar-refractivity contribution in [1.82, 2.24) is 0 Å². The van der Waals surface area contributed by atoms with Crippen molar-refractivity contribution >= 4 is 28.9 Å². The third kappa shape index (κ3) is 2.54. The Balaban J connectivity index is 4.15. The maximum absolute atomic E-state index is 12.3. The molecule has 0 aromatic carbocycles. The van der Waals surface area contributed by atoms with Gasteiger partial charge < -0.3 is 30.3 Å². The largest absolute Gasteiger partial charge is 0.386 e. The van der Waals surface area contributed by atoms with E-state index in [4.69, 9.17) is 4.74 Å². The van der Waals surface area contributed by atoms with Crippen LogP contribution < -0.4 is 0 Å². The van der Waals surface area contributed by atoms with Gasteiger partial charge >= 0.3 is 0 Å². The van der Waals surface area contributed by atoms with Crippen molar-refractivity contribution < 1.29 is 54.2 Å². The first kappa shape index (κ1) is 23.1. The average molecular weight is 390 g/mol. The summed E-state index contributed by atoms with van der Waals surface area (Å²) >= 11 is 0. The first-order chi connectivity index (χ1) is 12.0. The molecule has 1 aliphatic rings. The fourth-order valence-corrected chi connectivity index (χ4v) is 3.33. The van der Waals surface area contributed by atoms with Crippen LogP contribution in [0.1, 0.15) is 34.6 Å². The second-order valence-electron chi connectivity index (χ2n) is 6.63. The molecule has 1 aliphatic heterocycles. The lowest BCUT2D eigenvalue weighted by Gasteiger charge is -2.59. The molecule has 0 saturated carbocycles. The van der Waals surface area contributed by atoms with Gasteiger partial charge in [0.05, 0.1) is 0 Å². The van der Waals surface area contributed by atoms with Gasteiger partial charge in [-0.15, -0.1) is 0 Å². The minimum absolute atomic E-state index is 0.553. The monoisotopic (exact) mass is 390 g/mol. The molecule has 5 N–H and O–H groups in total. The number of hydrogen-bond acceptors (Lipinski definition) is 11. The number of ketones is 5. The highest BCUT2D eigenvalue weighted by atomic mass is 16.7. The highest BCUT2D eigenvalue weighted by molar-refractivity contribution is 6.11. The highest BCUT2D eigenvalue weighted by Gasteiger charge is 2.84. The fraction of sp³-hybridized carbons (Fsp3) is 0.688. The van der Waals surface area contributed by atoms with Crippen LogP contribution >= 0.6 is 0 Å². The van der Waals surface area contributed by atoms with E-state index in [9.17, 15) is 49.5 Å². The molecule has 1 saturated heterocycles. The van der Waals surface area contributed by atoms with Crippen molar-refractivity contribution in [2.45, 2.75) is 69.4 Å². The summed E-state index contributed by atoms with van der Waals surface area (Å²) in [5.74, 6) is -11.5. The summed E-state index contributed by atoms with van der Waals surface area (Å²) in [5.41, 5.74) is -11.3. The number of hydrogen-bond donors (Lipinski definition) is 5. The second kappa shape index (κ2) is 6.62. The van der Waals surface area contributed by atoms with E-state index in [-0.39, 0.29) is 0 Å². The standard InChI is InChI=1S/C16H22O11/c1-6(17)11(22)12-13(23,7(2)18)14(24,8(3)19)15(25,9(4)20)16(26,27-12)10(5)21/h6,12,17,23-26H,1-5H3/t6?,12-,13+,14+,15-,16-/m1/s1. The van der Waals surface area contributed by atoms with Gasteiger partial charge in [0.2, 0.25) is 11.2 Å². The van der Waals surface area contributed by atoms with Crippen LogP contribution in [0.4, 0.5) is 0 Å². The van der Waals surface area contributed by atoms with Crippen LogP contribution in [0.25, 0.3) is 0 Å². The van der Waals surface area contributed by atoms with E-state index >= 15 is 0 Å². The van der Waals surface area contributed by atoms with E-state index in [1.807, 2.05) is 0 Å². The summed E-state index contributed by atoms with van der Waals surface area (Å²) < 4.78 is 4.80. The molecule has 0 amide bonds. The summed E-state index contributed by atoms with van der Waals surface area (Å²) in [6.07, 6.45) is -4.62. The van der Waals surface area contributed by atoms with Crippen molar-refractivity contribution in [1.29, 1.82) is 0 Å². The van der Waals surface area contributed by atoms with Gasteiger partial charge in [-0.3, -0.25) is 24.0 Å². The normalized spacial score (nSPS) is 40.1. The zero-order valence-electron chi connectivity index (χ0n) is 15.3. The van der Waals surface area contributed by atoms with Gasteiger partial charge in [-0.1, -0.05) is 0 Å². The molecule has 152 valence electrons. The molecule has 11 nitrogen and oxygen atoms in total. The van der Waals surface area contributed by atoms with E-state index in [0.29, 0.717) is 27.7 Å². The van der Waals surface area contributed by atoms with Gasteiger partial charge in [-0.25, -0.2) is 0 Å². The Morgan fingerprint density at radius 1 is 0.778 bits per heavy atom. The molecule has 1 unspecified atom stereocenters. The summed E-state index contributed by atoms with van der Waals surface area (Å²) in [7, 11) is 0. The van der Waals surface area contributed by atoms with Crippen molar-refractivity contribution in [3.05, 3.63) is 0 Å². The van der Waals surface area contributed by atoms with Crippen molar-refractivity contribution in [3.63, 3.8) is 0 Å². The number of carbonyl (C=O) groups excluding carboxylic acids is 5. The smallest absolute Gasteiger partial charge is 0.267 e. The van der Waals surface area contributed by atoms with Crippen LogP contribution in [0.2, 0.25) is 0 Å². The van der Waals surface area contributed by atoms with E-state index in [2.05, 4.69) is 0 Å². The Labute approximate surface area is 153 Å². The van der Waals surface area contributed by atoms with Gasteiger partial charge in [-0.2, -0.15) is 0 Å². The Morgan fingerprint density at radius 3 is 1.44 bits per heavy atom. The number of carbonyl (C=O) groups is 5. The Hall–Kier alpha value is -1.89. The predicted octanol–water partition coefficient (Wildman–Crippen LogP) is -3.43. The maximum Gasteiger partial charge on any atom is 0.267 e. The van der Waals surface area contributed by atoms with Crippen LogP contribution in [0.3, 0.4) is 0 Å². The van der Waals surface area contributed by atoms with Crippen molar-refractivity contribution in [2.24, 2.45) is 0 Å². The van der Waals surface area contributed by atoms with Crippen LogP contribution in [-0.4, -0.2) is 89.2 Å². The first-order valence-electron chi connectivity index (χ1n) is 7.81. The maximum atomic E-state index is 12.3. The number of ether oxygens (including phenoxy) is 1. The lowest BCUT2D eigenvalue weighted by molar-refractivity contribution is -0.381. The molecule has 0 aromatic rings. The number of aliphatic hydroxyl groups is 5. The Kier molecular flexibility index (Phi) is 5.67. The second-order valence-corrected chi connectivity index (χ2v) is 6.63. The van der Waals surface area contributed by atoms with Gasteiger partial charge in [0.15, 0.2) is 40.6 Å². The van der Waals surface area contributed by atoms with Gasteiger partial charge in [-0.05, 0) is 27.7 Å². The SMILES string of the molecule is CC(=O)[C@@]1(O)[C@](O)(C(C)=O)[C@](O)(C(C)=O)[C@@H](C(=O)C(C)O)O[C@]1(O)C(C)=O. The molecule has 6 atom stereocenters. The number of aliphatic hydroxyl groups excluding tert-OH is 1. The molecule has 0 spiro atoms. The summed E-state index contributed by atoms with van der Waals surface area (Å²) in [5, 5.41) is 52.9. The molecular weight excluding hydrogens is 368 g/mol. The molecule has 0 bridgehead atoms. The molecular formula is C16H22O11. The third-order valence-corrected chi connectivity index (χ3v) is 4.94. The minimum Gasteiger partial charge on any atom is -0.386 e. The Bertz CT molecular complexity index is 728. The van der Waals surface area contributed by atoms with Gasteiger partial charge in [0.1, 0.15) is 6.10 Å². The molecule has 0 aromatic heterocycles. The topological polar surface area (TPSA) is 196 Å². The fourth-order valence-electron chi connectivity index (χ4n) is 3.33. The van der Waals surface area contributed by atoms with Gasteiger partial charge in [0, 0.05) is 6.92 Å². The summed E-state index contributed by atoms with van der Waals surface area (Å²) in [6, 6.07) is 0. The summed E-state index contributed by atoms with van der Waals surface area (Å²) in [4.78, 5) is 61.0. The van der Waals surface area contributed by atoms with E-state index in [1.165, 1.54) is 0 Å². The highest BCUT2D eigenvalue weighted by Crippen LogP contribution is 2.51. The van der Waals surface area contributed by atoms with Crippen LogP contribution in [0.15, 0.2) is 0 Å².